The summed E-state index contributed by atoms with van der Waals surface area (Å²) in [6.07, 6.45) is -20.8. The number of benzene rings is 1. The van der Waals surface area contributed by atoms with Crippen LogP contribution in [0.5, 0.6) is 0 Å². The SMILES string of the molecule is OC[C@H]1O[C@@H](O[C@H]2[C@H](OCCc3ccccc3)O[C@H](CO[C@@H]3OC[C@H](O)[C@H](O)[C@H]3O)[C@@H](O)[C@@H]2O)[C@H](O)[C@@H](O)[C@@H]1O. The Kier molecular flexibility index (Phi) is 11.2. The Morgan fingerprint density at radius 2 is 1.32 bits per heavy atom. The molecule has 9 N–H and O–H groups in total. The minimum absolute atomic E-state index is 0.0775. The van der Waals surface area contributed by atoms with Crippen molar-refractivity contribution in [3.8, 4) is 0 Å². The van der Waals surface area contributed by atoms with Gasteiger partial charge in [-0.05, 0) is 12.0 Å². The van der Waals surface area contributed by atoms with Gasteiger partial charge in [0.2, 0.25) is 0 Å². The molecule has 0 spiro atoms. The summed E-state index contributed by atoms with van der Waals surface area (Å²) in [5, 5.41) is 91.4. The van der Waals surface area contributed by atoms with Crippen molar-refractivity contribution < 1.29 is 74.4 Å². The van der Waals surface area contributed by atoms with E-state index in [2.05, 4.69) is 0 Å². The summed E-state index contributed by atoms with van der Waals surface area (Å²) in [6.45, 7) is -1.36. The van der Waals surface area contributed by atoms with E-state index in [0.717, 1.165) is 5.56 Å². The molecule has 40 heavy (non-hydrogen) atoms. The maximum Gasteiger partial charge on any atom is 0.187 e. The first-order chi connectivity index (χ1) is 19.1. The molecular weight excluding hydrogens is 540 g/mol. The fourth-order valence-corrected chi connectivity index (χ4v) is 4.71. The lowest BCUT2D eigenvalue weighted by atomic mass is 9.97. The zero-order valence-electron chi connectivity index (χ0n) is 21.5. The summed E-state index contributed by atoms with van der Waals surface area (Å²) < 4.78 is 33.4. The van der Waals surface area contributed by atoms with Crippen LogP contribution in [0.25, 0.3) is 0 Å². The highest BCUT2D eigenvalue weighted by atomic mass is 16.8. The number of rotatable bonds is 10. The normalized spacial score (nSPS) is 44.4. The lowest BCUT2D eigenvalue weighted by Gasteiger charge is -2.46. The smallest absolute Gasteiger partial charge is 0.187 e. The number of aliphatic hydroxyl groups excluding tert-OH is 9. The van der Waals surface area contributed by atoms with Gasteiger partial charge in [-0.3, -0.25) is 0 Å². The summed E-state index contributed by atoms with van der Waals surface area (Å²) in [5.41, 5.74) is 0.939. The summed E-state index contributed by atoms with van der Waals surface area (Å²) in [7, 11) is 0. The standard InChI is InChI=1S/C25H38O15/c26-8-13-16(29)18(31)21(34)24(38-13)40-22-19(32)17(30)14(10-37-23-20(33)15(28)12(27)9-36-23)39-25(22)35-7-6-11-4-2-1-3-5-11/h1-5,12-34H,6-10H2/t12-,13+,14+,15-,16+,17+,18-,19-,20+,21+,22+,23-,24-,25+/m0/s1. The zero-order valence-corrected chi connectivity index (χ0v) is 21.5. The summed E-state index contributed by atoms with van der Waals surface area (Å²) in [4.78, 5) is 0. The van der Waals surface area contributed by atoms with Crippen LogP contribution in [-0.4, -0.2) is 158 Å². The highest BCUT2D eigenvalue weighted by Gasteiger charge is 2.51. The first-order valence-corrected chi connectivity index (χ1v) is 13.0. The second-order valence-corrected chi connectivity index (χ2v) is 10.0. The quantitative estimate of drug-likeness (QED) is 0.127. The first-order valence-electron chi connectivity index (χ1n) is 13.0. The molecule has 15 heteroatoms. The third-order valence-corrected chi connectivity index (χ3v) is 7.18. The van der Waals surface area contributed by atoms with E-state index in [1.54, 1.807) is 0 Å². The number of hydrogen-bond acceptors (Lipinski definition) is 15. The van der Waals surface area contributed by atoms with E-state index in [9.17, 15) is 46.0 Å². The van der Waals surface area contributed by atoms with Crippen molar-refractivity contribution in [3.63, 3.8) is 0 Å². The average molecular weight is 579 g/mol. The van der Waals surface area contributed by atoms with Crippen LogP contribution in [0.4, 0.5) is 0 Å². The molecule has 1 aromatic rings. The van der Waals surface area contributed by atoms with Crippen LogP contribution in [0.3, 0.4) is 0 Å². The van der Waals surface area contributed by atoms with Gasteiger partial charge in [0.15, 0.2) is 18.9 Å². The van der Waals surface area contributed by atoms with E-state index < -0.39 is 99.2 Å². The molecule has 3 heterocycles. The number of hydrogen-bond donors (Lipinski definition) is 9. The van der Waals surface area contributed by atoms with E-state index >= 15 is 0 Å². The molecule has 0 aliphatic carbocycles. The Balaban J connectivity index is 1.45. The second kappa shape index (κ2) is 14.2. The van der Waals surface area contributed by atoms with Gasteiger partial charge in [0.25, 0.3) is 0 Å². The van der Waals surface area contributed by atoms with Crippen LogP contribution in [0, 0.1) is 0 Å². The van der Waals surface area contributed by atoms with E-state index in [1.165, 1.54) is 0 Å². The minimum atomic E-state index is -1.78. The second-order valence-electron chi connectivity index (χ2n) is 10.0. The number of aliphatic hydroxyl groups is 9. The third-order valence-electron chi connectivity index (χ3n) is 7.18. The van der Waals surface area contributed by atoms with Crippen LogP contribution in [0.15, 0.2) is 30.3 Å². The highest BCUT2D eigenvalue weighted by molar-refractivity contribution is 5.14. The zero-order chi connectivity index (χ0) is 29.0. The molecule has 228 valence electrons. The van der Waals surface area contributed by atoms with Crippen LogP contribution in [-0.2, 0) is 34.8 Å². The van der Waals surface area contributed by atoms with E-state index in [0.29, 0.717) is 6.42 Å². The first kappa shape index (κ1) is 31.6. The molecule has 0 unspecified atom stereocenters. The minimum Gasteiger partial charge on any atom is -0.394 e. The molecule has 0 bridgehead atoms. The average Bonchev–Trinajstić information content (AvgIpc) is 2.96. The van der Waals surface area contributed by atoms with Crippen molar-refractivity contribution in [3.05, 3.63) is 35.9 Å². The van der Waals surface area contributed by atoms with E-state index in [4.69, 9.17) is 28.4 Å². The van der Waals surface area contributed by atoms with Gasteiger partial charge in [0, 0.05) is 0 Å². The molecule has 14 atom stereocenters. The van der Waals surface area contributed by atoms with Crippen molar-refractivity contribution in [1.29, 1.82) is 0 Å². The largest absolute Gasteiger partial charge is 0.394 e. The van der Waals surface area contributed by atoms with Crippen LogP contribution >= 0.6 is 0 Å². The Morgan fingerprint density at radius 3 is 2.02 bits per heavy atom. The molecule has 4 rings (SSSR count). The molecule has 15 nitrogen and oxygen atoms in total. The molecule has 3 fully saturated rings. The van der Waals surface area contributed by atoms with Crippen LogP contribution < -0.4 is 0 Å². The summed E-state index contributed by atoms with van der Waals surface area (Å²) >= 11 is 0. The van der Waals surface area contributed by atoms with E-state index in [1.807, 2.05) is 30.3 Å². The van der Waals surface area contributed by atoms with Gasteiger partial charge in [0.05, 0.1) is 26.4 Å². The van der Waals surface area contributed by atoms with E-state index in [-0.39, 0.29) is 13.2 Å². The molecule has 0 aromatic heterocycles. The maximum absolute atomic E-state index is 11.0. The number of ether oxygens (including phenoxy) is 6. The van der Waals surface area contributed by atoms with Gasteiger partial charge in [-0.15, -0.1) is 0 Å². The Morgan fingerprint density at radius 1 is 0.675 bits per heavy atom. The highest BCUT2D eigenvalue weighted by Crippen LogP contribution is 2.30. The lowest BCUT2D eigenvalue weighted by Crippen LogP contribution is -2.65. The molecule has 0 amide bonds. The van der Waals surface area contributed by atoms with Crippen molar-refractivity contribution in [2.24, 2.45) is 0 Å². The van der Waals surface area contributed by atoms with Crippen molar-refractivity contribution in [2.75, 3.05) is 26.4 Å². The molecule has 1 aromatic carbocycles. The van der Waals surface area contributed by atoms with Gasteiger partial charge >= 0.3 is 0 Å². The summed E-state index contributed by atoms with van der Waals surface area (Å²) in [6, 6.07) is 9.31. The lowest BCUT2D eigenvalue weighted by molar-refractivity contribution is -0.370. The van der Waals surface area contributed by atoms with Crippen molar-refractivity contribution >= 4 is 0 Å². The summed E-state index contributed by atoms with van der Waals surface area (Å²) in [5.74, 6) is 0. The van der Waals surface area contributed by atoms with Gasteiger partial charge in [-0.2, -0.15) is 0 Å². The van der Waals surface area contributed by atoms with Crippen molar-refractivity contribution in [1.82, 2.24) is 0 Å². The maximum atomic E-state index is 11.0. The monoisotopic (exact) mass is 578 g/mol. The molecule has 0 saturated carbocycles. The van der Waals surface area contributed by atoms with Gasteiger partial charge in [-0.25, -0.2) is 0 Å². The molecule has 3 aliphatic rings. The molecule has 3 saturated heterocycles. The van der Waals surface area contributed by atoms with Gasteiger partial charge < -0.3 is 74.4 Å². The van der Waals surface area contributed by atoms with Crippen LogP contribution in [0.1, 0.15) is 5.56 Å². The van der Waals surface area contributed by atoms with Gasteiger partial charge in [-0.1, -0.05) is 30.3 Å². The van der Waals surface area contributed by atoms with Crippen LogP contribution in [0.2, 0.25) is 0 Å². The molecule has 0 radical (unpaired) electrons. The van der Waals surface area contributed by atoms with Gasteiger partial charge in [0.1, 0.15) is 67.1 Å². The third kappa shape index (κ3) is 7.15. The molecular formula is C25H38O15. The Bertz CT molecular complexity index is 892. The van der Waals surface area contributed by atoms with Crippen molar-refractivity contribution in [2.45, 2.75) is 92.4 Å². The Hall–Kier alpha value is -1.38. The fourth-order valence-electron chi connectivity index (χ4n) is 4.71. The fraction of sp³-hybridized carbons (Fsp3) is 0.760. The Labute approximate surface area is 229 Å². The molecule has 3 aliphatic heterocycles. The predicted molar refractivity (Wildman–Crippen MR) is 129 cm³/mol. The predicted octanol–water partition coefficient (Wildman–Crippen LogP) is -4.67. The topological polar surface area (TPSA) is 237 Å².